The first-order valence-corrected chi connectivity index (χ1v) is 6.20. The second-order valence-corrected chi connectivity index (χ2v) is 4.30. The minimum Gasteiger partial charge on any atom is -0.461 e. The van der Waals surface area contributed by atoms with Gasteiger partial charge in [-0.3, -0.25) is 0 Å². The van der Waals surface area contributed by atoms with Crippen LogP contribution in [0, 0.1) is 0 Å². The molecule has 0 aliphatic carbocycles. The molecule has 0 saturated heterocycles. The summed E-state index contributed by atoms with van der Waals surface area (Å²) in [6.45, 7) is 2.04. The zero-order valence-electron chi connectivity index (χ0n) is 11.1. The molecule has 0 amide bonds. The van der Waals surface area contributed by atoms with E-state index in [0.29, 0.717) is 12.3 Å². The summed E-state index contributed by atoms with van der Waals surface area (Å²) in [7, 11) is 1.93. The van der Waals surface area contributed by atoms with E-state index >= 15 is 0 Å². The number of aromatic nitrogens is 5. The highest BCUT2D eigenvalue weighted by Gasteiger charge is 2.19. The maximum absolute atomic E-state index is 11.8. The largest absolute Gasteiger partial charge is 0.461 e. The SMILES string of the molecule is CCOC(=O)c1n[nH]nc1-c1ccc2c(c1)ncn2C. The summed E-state index contributed by atoms with van der Waals surface area (Å²) < 4.78 is 6.88. The van der Waals surface area contributed by atoms with Gasteiger partial charge in [0.05, 0.1) is 24.0 Å². The van der Waals surface area contributed by atoms with Gasteiger partial charge in [0, 0.05) is 12.6 Å². The van der Waals surface area contributed by atoms with Crippen molar-refractivity contribution in [3.05, 3.63) is 30.2 Å². The molecule has 0 saturated carbocycles. The average Bonchev–Trinajstić information content (AvgIpc) is 3.06. The van der Waals surface area contributed by atoms with Crippen molar-refractivity contribution in [1.29, 1.82) is 0 Å². The molecule has 3 rings (SSSR count). The van der Waals surface area contributed by atoms with Gasteiger partial charge in [0.1, 0.15) is 5.69 Å². The number of ether oxygens (including phenoxy) is 1. The van der Waals surface area contributed by atoms with Crippen LogP contribution >= 0.6 is 0 Å². The number of hydrogen-bond acceptors (Lipinski definition) is 5. The Kier molecular flexibility index (Phi) is 2.94. The van der Waals surface area contributed by atoms with E-state index in [1.54, 1.807) is 13.3 Å². The summed E-state index contributed by atoms with van der Waals surface area (Å²) in [5.41, 5.74) is 3.27. The Morgan fingerprint density at radius 3 is 3.05 bits per heavy atom. The number of rotatable bonds is 3. The van der Waals surface area contributed by atoms with Gasteiger partial charge >= 0.3 is 5.97 Å². The molecule has 0 fully saturated rings. The first-order valence-electron chi connectivity index (χ1n) is 6.20. The number of esters is 1. The van der Waals surface area contributed by atoms with Crippen LogP contribution in [0.4, 0.5) is 0 Å². The lowest BCUT2D eigenvalue weighted by Crippen LogP contribution is -2.06. The lowest BCUT2D eigenvalue weighted by Gasteiger charge is -2.01. The number of aromatic amines is 1. The van der Waals surface area contributed by atoms with Crippen LogP contribution in [0.3, 0.4) is 0 Å². The summed E-state index contributed by atoms with van der Waals surface area (Å²) in [6.07, 6.45) is 1.74. The zero-order chi connectivity index (χ0) is 14.1. The second-order valence-electron chi connectivity index (χ2n) is 4.30. The Bertz CT molecular complexity index is 774. The summed E-state index contributed by atoms with van der Waals surface area (Å²) in [5, 5.41) is 10.4. The van der Waals surface area contributed by atoms with E-state index in [2.05, 4.69) is 20.4 Å². The highest BCUT2D eigenvalue weighted by molar-refractivity contribution is 5.95. The normalized spacial score (nSPS) is 10.9. The fourth-order valence-corrected chi connectivity index (χ4v) is 2.06. The summed E-state index contributed by atoms with van der Waals surface area (Å²) in [6, 6.07) is 5.68. The number of carbonyl (C=O) groups excluding carboxylic acids is 1. The van der Waals surface area contributed by atoms with Crippen LogP contribution in [-0.2, 0) is 11.8 Å². The highest BCUT2D eigenvalue weighted by atomic mass is 16.5. The van der Waals surface area contributed by atoms with E-state index in [0.717, 1.165) is 16.6 Å². The summed E-state index contributed by atoms with van der Waals surface area (Å²) >= 11 is 0. The lowest BCUT2D eigenvalue weighted by molar-refractivity contribution is 0.0520. The molecule has 1 N–H and O–H groups in total. The van der Waals surface area contributed by atoms with Crippen LogP contribution < -0.4 is 0 Å². The quantitative estimate of drug-likeness (QED) is 0.730. The molecule has 1 aromatic carbocycles. The minimum atomic E-state index is -0.489. The molecule has 0 radical (unpaired) electrons. The number of nitrogens with one attached hydrogen (secondary N) is 1. The molecule has 20 heavy (non-hydrogen) atoms. The maximum Gasteiger partial charge on any atom is 0.361 e. The van der Waals surface area contributed by atoms with Gasteiger partial charge in [0.15, 0.2) is 5.69 Å². The third-order valence-corrected chi connectivity index (χ3v) is 3.02. The predicted molar refractivity (Wildman–Crippen MR) is 72.0 cm³/mol. The van der Waals surface area contributed by atoms with E-state index in [1.807, 2.05) is 29.8 Å². The first-order chi connectivity index (χ1) is 9.70. The smallest absolute Gasteiger partial charge is 0.361 e. The number of H-pyrrole nitrogens is 1. The number of carbonyl (C=O) groups is 1. The molecule has 2 heterocycles. The number of imidazole rings is 1. The number of fused-ring (bicyclic) bond motifs is 1. The number of hydrogen-bond donors (Lipinski definition) is 1. The van der Waals surface area contributed by atoms with E-state index < -0.39 is 5.97 Å². The predicted octanol–water partition coefficient (Wildman–Crippen LogP) is 1.54. The Balaban J connectivity index is 2.07. The van der Waals surface area contributed by atoms with Crippen molar-refractivity contribution in [2.45, 2.75) is 6.92 Å². The molecule has 0 bridgehead atoms. The molecule has 102 valence electrons. The molecule has 7 heteroatoms. The van der Waals surface area contributed by atoms with Crippen molar-refractivity contribution in [2.24, 2.45) is 7.05 Å². The molecule has 3 aromatic rings. The van der Waals surface area contributed by atoms with Crippen LogP contribution in [0.2, 0.25) is 0 Å². The van der Waals surface area contributed by atoms with E-state index in [-0.39, 0.29) is 5.69 Å². The molecule has 7 nitrogen and oxygen atoms in total. The molecule has 0 unspecified atom stereocenters. The van der Waals surface area contributed by atoms with Crippen molar-refractivity contribution in [2.75, 3.05) is 6.61 Å². The topological polar surface area (TPSA) is 85.7 Å². The Morgan fingerprint density at radius 2 is 2.25 bits per heavy atom. The summed E-state index contributed by atoms with van der Waals surface area (Å²) in [4.78, 5) is 16.1. The van der Waals surface area contributed by atoms with Crippen LogP contribution in [0.5, 0.6) is 0 Å². The van der Waals surface area contributed by atoms with Gasteiger partial charge in [-0.1, -0.05) is 6.07 Å². The van der Waals surface area contributed by atoms with Gasteiger partial charge < -0.3 is 9.30 Å². The van der Waals surface area contributed by atoms with Gasteiger partial charge in [-0.2, -0.15) is 10.3 Å². The fourth-order valence-electron chi connectivity index (χ4n) is 2.06. The molecule has 0 atom stereocenters. The molecule has 0 aliphatic rings. The van der Waals surface area contributed by atoms with Crippen molar-refractivity contribution in [1.82, 2.24) is 25.0 Å². The highest BCUT2D eigenvalue weighted by Crippen LogP contribution is 2.24. The van der Waals surface area contributed by atoms with E-state index in [9.17, 15) is 4.79 Å². The van der Waals surface area contributed by atoms with Crippen LogP contribution in [-0.4, -0.2) is 37.5 Å². The molecule has 0 aliphatic heterocycles. The molecular weight excluding hydrogens is 258 g/mol. The van der Waals surface area contributed by atoms with Crippen molar-refractivity contribution in [3.63, 3.8) is 0 Å². The third-order valence-electron chi connectivity index (χ3n) is 3.02. The standard InChI is InChI=1S/C13H13N5O2/c1-3-20-13(19)12-11(15-17-16-12)8-4-5-10-9(6-8)14-7-18(10)2/h4-7H,3H2,1-2H3,(H,15,16,17). The van der Waals surface area contributed by atoms with Crippen LogP contribution in [0.15, 0.2) is 24.5 Å². The Hall–Kier alpha value is -2.70. The Morgan fingerprint density at radius 1 is 1.40 bits per heavy atom. The lowest BCUT2D eigenvalue weighted by atomic mass is 10.1. The van der Waals surface area contributed by atoms with E-state index in [4.69, 9.17) is 4.74 Å². The molecule has 0 spiro atoms. The first kappa shape index (κ1) is 12.3. The Labute approximate surface area is 114 Å². The van der Waals surface area contributed by atoms with Gasteiger partial charge in [0.25, 0.3) is 0 Å². The van der Waals surface area contributed by atoms with Crippen LogP contribution in [0.25, 0.3) is 22.3 Å². The van der Waals surface area contributed by atoms with Gasteiger partial charge in [-0.25, -0.2) is 9.78 Å². The second kappa shape index (κ2) is 4.76. The number of benzene rings is 1. The third kappa shape index (κ3) is 1.93. The van der Waals surface area contributed by atoms with Crippen molar-refractivity contribution >= 4 is 17.0 Å². The monoisotopic (exact) mass is 271 g/mol. The zero-order valence-corrected chi connectivity index (χ0v) is 11.1. The van der Waals surface area contributed by atoms with Gasteiger partial charge in [0.2, 0.25) is 0 Å². The number of nitrogens with zero attached hydrogens (tertiary/aromatic N) is 4. The van der Waals surface area contributed by atoms with E-state index in [1.165, 1.54) is 0 Å². The average molecular weight is 271 g/mol. The number of aryl methyl sites for hydroxylation is 1. The van der Waals surface area contributed by atoms with Crippen molar-refractivity contribution in [3.8, 4) is 11.3 Å². The fraction of sp³-hybridized carbons (Fsp3) is 0.231. The molecular formula is C13H13N5O2. The summed E-state index contributed by atoms with van der Waals surface area (Å²) in [5.74, 6) is -0.489. The minimum absolute atomic E-state index is 0.183. The van der Waals surface area contributed by atoms with Crippen molar-refractivity contribution < 1.29 is 9.53 Å². The van der Waals surface area contributed by atoms with Crippen LogP contribution in [0.1, 0.15) is 17.4 Å². The maximum atomic E-state index is 11.8. The van der Waals surface area contributed by atoms with Gasteiger partial charge in [-0.15, -0.1) is 5.10 Å². The molecule has 2 aromatic heterocycles. The van der Waals surface area contributed by atoms with Gasteiger partial charge in [-0.05, 0) is 19.1 Å².